The van der Waals surface area contributed by atoms with Gasteiger partial charge in [0.1, 0.15) is 6.33 Å². The quantitative estimate of drug-likeness (QED) is 0.407. The van der Waals surface area contributed by atoms with Crippen LogP contribution in [0.3, 0.4) is 0 Å². The summed E-state index contributed by atoms with van der Waals surface area (Å²) in [6, 6.07) is 7.89. The molecular formula is C16H11Cl2N7O3. The minimum absolute atomic E-state index is 0.137. The number of rotatable bonds is 6. The van der Waals surface area contributed by atoms with Crippen molar-refractivity contribution in [2.24, 2.45) is 0 Å². The van der Waals surface area contributed by atoms with Crippen LogP contribution < -0.4 is 16.2 Å². The Kier molecular flexibility index (Phi) is 5.82. The summed E-state index contributed by atoms with van der Waals surface area (Å²) in [5, 5.41) is 14.8. The van der Waals surface area contributed by atoms with E-state index in [0.29, 0.717) is 5.69 Å². The predicted octanol–water partition coefficient (Wildman–Crippen LogP) is 3.59. The van der Waals surface area contributed by atoms with Crippen molar-refractivity contribution in [2.75, 3.05) is 10.7 Å². The van der Waals surface area contributed by atoms with Gasteiger partial charge in [-0.1, -0.05) is 29.3 Å². The molecule has 0 fully saturated rings. The van der Waals surface area contributed by atoms with Gasteiger partial charge in [-0.2, -0.15) is 0 Å². The molecule has 28 heavy (non-hydrogen) atoms. The number of amides is 1. The summed E-state index contributed by atoms with van der Waals surface area (Å²) in [4.78, 5) is 34.5. The number of nitrogens with zero attached hydrogens (tertiary/aromatic N) is 4. The summed E-state index contributed by atoms with van der Waals surface area (Å²) < 4.78 is 0. The minimum Gasteiger partial charge on any atom is -0.333 e. The molecule has 0 aliphatic heterocycles. The second-order valence-corrected chi connectivity index (χ2v) is 6.01. The smallest absolute Gasteiger partial charge is 0.333 e. The Morgan fingerprint density at radius 3 is 2.61 bits per heavy atom. The van der Waals surface area contributed by atoms with Crippen molar-refractivity contribution in [3.63, 3.8) is 0 Å². The molecule has 2 heterocycles. The Labute approximate surface area is 168 Å². The number of benzene rings is 1. The number of hydrogen-bond donors (Lipinski definition) is 3. The van der Waals surface area contributed by atoms with Crippen molar-refractivity contribution in [1.82, 2.24) is 20.4 Å². The highest BCUT2D eigenvalue weighted by molar-refractivity contribution is 6.43. The molecule has 3 rings (SSSR count). The van der Waals surface area contributed by atoms with Gasteiger partial charge in [0.15, 0.2) is 0 Å². The van der Waals surface area contributed by atoms with Crippen LogP contribution in [-0.2, 0) is 0 Å². The third-order valence-electron chi connectivity index (χ3n) is 3.43. The Morgan fingerprint density at radius 1 is 1.11 bits per heavy atom. The number of carbonyl (C=O) groups is 1. The lowest BCUT2D eigenvalue weighted by Crippen LogP contribution is -2.30. The van der Waals surface area contributed by atoms with Crippen LogP contribution >= 0.6 is 23.2 Å². The van der Waals surface area contributed by atoms with Gasteiger partial charge in [0.25, 0.3) is 5.91 Å². The van der Waals surface area contributed by atoms with Crippen molar-refractivity contribution in [2.45, 2.75) is 0 Å². The number of hydrazine groups is 1. The van der Waals surface area contributed by atoms with Crippen LogP contribution in [0, 0.1) is 10.1 Å². The van der Waals surface area contributed by atoms with E-state index in [1.54, 1.807) is 24.3 Å². The summed E-state index contributed by atoms with van der Waals surface area (Å²) in [6.07, 6.45) is 3.95. The number of halogens is 2. The van der Waals surface area contributed by atoms with Crippen LogP contribution in [0.25, 0.3) is 0 Å². The average Bonchev–Trinajstić information content (AvgIpc) is 2.70. The van der Waals surface area contributed by atoms with Gasteiger partial charge in [-0.05, 0) is 24.3 Å². The fourth-order valence-electron chi connectivity index (χ4n) is 2.15. The molecule has 142 valence electrons. The lowest BCUT2D eigenvalue weighted by molar-refractivity contribution is -0.383. The maximum Gasteiger partial charge on any atom is 0.355 e. The molecule has 0 unspecified atom stereocenters. The second kappa shape index (κ2) is 8.46. The number of nitrogens with one attached hydrogen (secondary N) is 3. The Morgan fingerprint density at radius 2 is 1.89 bits per heavy atom. The molecule has 0 spiro atoms. The molecule has 0 aliphatic carbocycles. The SMILES string of the molecule is O=C(NNc1ncnc(Nc2cccc(Cl)c2Cl)c1[N+](=O)[O-])c1cccnc1. The van der Waals surface area contributed by atoms with Crippen molar-refractivity contribution in [3.8, 4) is 0 Å². The summed E-state index contributed by atoms with van der Waals surface area (Å²) in [5.41, 5.74) is 4.83. The monoisotopic (exact) mass is 419 g/mol. The largest absolute Gasteiger partial charge is 0.355 e. The van der Waals surface area contributed by atoms with Gasteiger partial charge in [0.05, 0.1) is 26.2 Å². The molecule has 0 saturated carbocycles. The molecule has 10 nitrogen and oxygen atoms in total. The van der Waals surface area contributed by atoms with E-state index in [2.05, 4.69) is 31.1 Å². The molecule has 0 radical (unpaired) electrons. The normalized spacial score (nSPS) is 10.2. The maximum absolute atomic E-state index is 12.1. The van der Waals surface area contributed by atoms with Crippen molar-refractivity contribution in [3.05, 3.63) is 74.8 Å². The molecule has 12 heteroatoms. The first-order chi connectivity index (χ1) is 13.5. The minimum atomic E-state index is -0.695. The van der Waals surface area contributed by atoms with Gasteiger partial charge in [0, 0.05) is 12.4 Å². The molecule has 0 bridgehead atoms. The average molecular weight is 420 g/mol. The third kappa shape index (κ3) is 4.24. The summed E-state index contributed by atoms with van der Waals surface area (Å²) in [7, 11) is 0. The van der Waals surface area contributed by atoms with E-state index in [1.807, 2.05) is 0 Å². The number of anilines is 3. The molecule has 0 aliphatic rings. The van der Waals surface area contributed by atoms with Gasteiger partial charge in [-0.25, -0.2) is 9.97 Å². The topological polar surface area (TPSA) is 135 Å². The standard InChI is InChI=1S/C16H11Cl2N7O3/c17-10-4-1-5-11(12(10)18)22-14-13(25(27)28)15(21-8-20-14)23-24-16(26)9-3-2-6-19-7-9/h1-8H,(H,24,26)(H2,20,21,22,23). The van der Waals surface area contributed by atoms with Gasteiger partial charge in [-0.3, -0.25) is 30.7 Å². The van der Waals surface area contributed by atoms with E-state index < -0.39 is 16.5 Å². The van der Waals surface area contributed by atoms with Crippen LogP contribution in [0.2, 0.25) is 10.0 Å². The van der Waals surface area contributed by atoms with Crippen molar-refractivity contribution < 1.29 is 9.72 Å². The number of aromatic nitrogens is 3. The maximum atomic E-state index is 12.1. The van der Waals surface area contributed by atoms with Crippen LogP contribution in [0.5, 0.6) is 0 Å². The van der Waals surface area contributed by atoms with Crippen molar-refractivity contribution in [1.29, 1.82) is 0 Å². The second-order valence-electron chi connectivity index (χ2n) is 5.22. The van der Waals surface area contributed by atoms with E-state index in [0.717, 1.165) is 6.33 Å². The van der Waals surface area contributed by atoms with Gasteiger partial charge in [-0.15, -0.1) is 0 Å². The summed E-state index contributed by atoms with van der Waals surface area (Å²) >= 11 is 12.1. The molecular weight excluding hydrogens is 409 g/mol. The fraction of sp³-hybridized carbons (Fsp3) is 0. The molecule has 3 aromatic rings. The van der Waals surface area contributed by atoms with Crippen LogP contribution in [0.15, 0.2) is 49.1 Å². The highest BCUT2D eigenvalue weighted by Crippen LogP contribution is 2.35. The predicted molar refractivity (Wildman–Crippen MR) is 104 cm³/mol. The zero-order valence-electron chi connectivity index (χ0n) is 13.9. The number of hydrogen-bond acceptors (Lipinski definition) is 8. The zero-order chi connectivity index (χ0) is 20.1. The molecule has 0 saturated heterocycles. The summed E-state index contributed by atoms with van der Waals surface area (Å²) in [5.74, 6) is -0.909. The van der Waals surface area contributed by atoms with E-state index in [1.165, 1.54) is 18.5 Å². The molecule has 1 aromatic carbocycles. The lowest BCUT2D eigenvalue weighted by atomic mass is 10.3. The van der Waals surface area contributed by atoms with E-state index in [4.69, 9.17) is 23.2 Å². The third-order valence-corrected chi connectivity index (χ3v) is 4.25. The molecule has 0 atom stereocenters. The van der Waals surface area contributed by atoms with Crippen LogP contribution in [0.4, 0.5) is 23.0 Å². The zero-order valence-corrected chi connectivity index (χ0v) is 15.4. The molecule has 3 N–H and O–H groups in total. The van der Waals surface area contributed by atoms with Gasteiger partial charge in [0.2, 0.25) is 11.6 Å². The lowest BCUT2D eigenvalue weighted by Gasteiger charge is -2.12. The first-order valence-electron chi connectivity index (χ1n) is 7.64. The summed E-state index contributed by atoms with van der Waals surface area (Å²) in [6.45, 7) is 0. The van der Waals surface area contributed by atoms with E-state index in [9.17, 15) is 14.9 Å². The number of pyridine rings is 1. The number of nitro groups is 1. The Hall–Kier alpha value is -3.50. The highest BCUT2D eigenvalue weighted by Gasteiger charge is 2.24. The van der Waals surface area contributed by atoms with Crippen LogP contribution in [0.1, 0.15) is 10.4 Å². The highest BCUT2D eigenvalue weighted by atomic mass is 35.5. The van der Waals surface area contributed by atoms with Gasteiger partial charge >= 0.3 is 5.69 Å². The number of carbonyl (C=O) groups excluding carboxylic acids is 1. The first-order valence-corrected chi connectivity index (χ1v) is 8.39. The first kappa shape index (κ1) is 19.3. The van der Waals surface area contributed by atoms with E-state index in [-0.39, 0.29) is 27.2 Å². The fourth-order valence-corrected chi connectivity index (χ4v) is 2.50. The van der Waals surface area contributed by atoms with Gasteiger partial charge < -0.3 is 5.32 Å². The van der Waals surface area contributed by atoms with Crippen molar-refractivity contribution >= 4 is 52.1 Å². The molecule has 2 aromatic heterocycles. The Balaban J connectivity index is 1.86. The molecule has 1 amide bonds. The van der Waals surface area contributed by atoms with E-state index >= 15 is 0 Å². The Bertz CT molecular complexity index is 1030. The van der Waals surface area contributed by atoms with Crippen LogP contribution in [-0.4, -0.2) is 25.8 Å².